The van der Waals surface area contributed by atoms with Crippen LogP contribution in [-0.4, -0.2) is 66.0 Å². The number of rotatable bonds is 7. The molecule has 204 valence electrons. The van der Waals surface area contributed by atoms with Crippen molar-refractivity contribution in [2.75, 3.05) is 51.8 Å². The number of aryl methyl sites for hydroxylation is 1. The number of amides is 1. The van der Waals surface area contributed by atoms with Crippen LogP contribution in [0.5, 0.6) is 0 Å². The third-order valence-corrected chi connectivity index (χ3v) is 6.89. The second kappa shape index (κ2) is 11.7. The molecule has 3 heterocycles. The smallest absolute Gasteiger partial charge is 0.257 e. The minimum Gasteiger partial charge on any atom is -0.398 e. The van der Waals surface area contributed by atoms with E-state index in [4.69, 9.17) is 5.73 Å². The highest BCUT2D eigenvalue weighted by molar-refractivity contribution is 5.96. The van der Waals surface area contributed by atoms with Crippen LogP contribution in [0.4, 0.5) is 15.8 Å². The van der Waals surface area contributed by atoms with Gasteiger partial charge >= 0.3 is 0 Å². The van der Waals surface area contributed by atoms with Crippen LogP contribution in [-0.2, 0) is 0 Å². The second-order valence-corrected chi connectivity index (χ2v) is 10.0. The van der Waals surface area contributed by atoms with Gasteiger partial charge in [0, 0.05) is 93.0 Å². The predicted octanol–water partition coefficient (Wildman–Crippen LogP) is 4.20. The zero-order chi connectivity index (χ0) is 28.3. The van der Waals surface area contributed by atoms with E-state index < -0.39 is 5.82 Å². The van der Waals surface area contributed by atoms with Crippen molar-refractivity contribution in [3.8, 4) is 5.69 Å². The van der Waals surface area contributed by atoms with Crippen LogP contribution in [0.2, 0.25) is 0 Å². The molecule has 39 heavy (non-hydrogen) atoms. The molecule has 0 radical (unpaired) electrons. The maximum atomic E-state index is 15.0. The first-order chi connectivity index (χ1) is 18.6. The molecule has 3 N–H and O–H groups in total. The van der Waals surface area contributed by atoms with E-state index in [1.54, 1.807) is 50.2 Å². The van der Waals surface area contributed by atoms with Crippen LogP contribution in [0.25, 0.3) is 17.3 Å². The number of nitrogens with zero attached hydrogens (tertiary/aromatic N) is 4. The van der Waals surface area contributed by atoms with Gasteiger partial charge in [-0.3, -0.25) is 24.0 Å². The van der Waals surface area contributed by atoms with E-state index in [2.05, 4.69) is 28.2 Å². The van der Waals surface area contributed by atoms with Crippen LogP contribution in [0.15, 0.2) is 59.2 Å². The van der Waals surface area contributed by atoms with Crippen molar-refractivity contribution in [3.05, 3.63) is 92.9 Å². The Bertz CT molecular complexity index is 1500. The van der Waals surface area contributed by atoms with Gasteiger partial charge < -0.3 is 16.0 Å². The minimum atomic E-state index is -0.478. The van der Waals surface area contributed by atoms with Crippen LogP contribution >= 0.6 is 0 Å². The Kier molecular flexibility index (Phi) is 8.30. The average Bonchev–Trinajstić information content (AvgIpc) is 2.90. The molecule has 1 aliphatic heterocycles. The minimum absolute atomic E-state index is 0.126. The second-order valence-electron chi connectivity index (χ2n) is 10.0. The molecule has 1 aromatic carbocycles. The molecule has 4 rings (SSSR count). The van der Waals surface area contributed by atoms with Crippen molar-refractivity contribution in [1.82, 2.24) is 19.4 Å². The number of nitrogen functional groups attached to an aromatic ring is 1. The third kappa shape index (κ3) is 6.09. The summed E-state index contributed by atoms with van der Waals surface area (Å²) in [6.45, 7) is 6.07. The Hall–Kier alpha value is -4.24. The zero-order valence-electron chi connectivity index (χ0n) is 23.1. The van der Waals surface area contributed by atoms with Gasteiger partial charge in [0.2, 0.25) is 0 Å². The number of hydrogen-bond donors (Lipinski definition) is 2. The third-order valence-electron chi connectivity index (χ3n) is 6.89. The van der Waals surface area contributed by atoms with Crippen LogP contribution in [0.3, 0.4) is 0 Å². The van der Waals surface area contributed by atoms with Crippen molar-refractivity contribution in [3.63, 3.8) is 0 Å². The van der Waals surface area contributed by atoms with Gasteiger partial charge in [-0.1, -0.05) is 17.7 Å². The molecule has 0 aliphatic carbocycles. The summed E-state index contributed by atoms with van der Waals surface area (Å²) in [5.41, 5.74) is 12.2. The predicted molar refractivity (Wildman–Crippen MR) is 156 cm³/mol. The van der Waals surface area contributed by atoms with Crippen LogP contribution in [0.1, 0.15) is 40.5 Å². The fraction of sp³-hybridized carbons (Fsp3) is 0.300. The summed E-state index contributed by atoms with van der Waals surface area (Å²) in [7, 11) is 5.02. The number of nitrogens with one attached hydrogen (secondary N) is 1. The number of carbonyl (C=O) groups is 1. The topological polar surface area (TPSA) is 96.5 Å². The Morgan fingerprint density at radius 1 is 1.26 bits per heavy atom. The monoisotopic (exact) mass is 530 g/mol. The fourth-order valence-corrected chi connectivity index (χ4v) is 4.86. The molecule has 0 saturated carbocycles. The zero-order valence-corrected chi connectivity index (χ0v) is 23.1. The molecular weight excluding hydrogens is 495 g/mol. The molecule has 3 aromatic rings. The van der Waals surface area contributed by atoms with E-state index in [1.165, 1.54) is 11.0 Å². The molecule has 1 aliphatic rings. The van der Waals surface area contributed by atoms with E-state index in [0.717, 1.165) is 40.3 Å². The maximum Gasteiger partial charge on any atom is 0.257 e. The number of pyridine rings is 2. The van der Waals surface area contributed by atoms with E-state index in [0.29, 0.717) is 25.1 Å². The van der Waals surface area contributed by atoms with Crippen molar-refractivity contribution in [1.29, 1.82) is 0 Å². The van der Waals surface area contributed by atoms with Crippen LogP contribution in [0, 0.1) is 12.7 Å². The van der Waals surface area contributed by atoms with Crippen molar-refractivity contribution in [2.45, 2.75) is 20.3 Å². The van der Waals surface area contributed by atoms with Crippen molar-refractivity contribution < 1.29 is 9.18 Å². The van der Waals surface area contributed by atoms with Crippen molar-refractivity contribution >= 4 is 28.9 Å². The number of hydrogen-bond acceptors (Lipinski definition) is 6. The Labute approximate surface area is 228 Å². The summed E-state index contributed by atoms with van der Waals surface area (Å²) in [6, 6.07) is 8.08. The van der Waals surface area contributed by atoms with Gasteiger partial charge in [-0.15, -0.1) is 0 Å². The van der Waals surface area contributed by atoms with E-state index >= 15 is 4.39 Å². The molecule has 9 heteroatoms. The summed E-state index contributed by atoms with van der Waals surface area (Å²) < 4.78 is 16.6. The molecule has 2 aromatic heterocycles. The van der Waals surface area contributed by atoms with Gasteiger partial charge in [0.25, 0.3) is 11.5 Å². The molecule has 0 atom stereocenters. The molecule has 0 fully saturated rings. The van der Waals surface area contributed by atoms with Crippen molar-refractivity contribution in [2.24, 2.45) is 0 Å². The normalized spacial score (nSPS) is 14.2. The molecular formula is C30H35FN6O2. The molecule has 8 nitrogen and oxygen atoms in total. The summed E-state index contributed by atoms with van der Waals surface area (Å²) in [4.78, 5) is 33.1. The number of nitrogens with two attached hydrogens (primary N) is 1. The average molecular weight is 531 g/mol. The lowest BCUT2D eigenvalue weighted by atomic mass is 9.95. The lowest BCUT2D eigenvalue weighted by molar-refractivity contribution is 0.0827. The summed E-state index contributed by atoms with van der Waals surface area (Å²) in [5.74, 6) is -0.765. The van der Waals surface area contributed by atoms with Gasteiger partial charge in [-0.25, -0.2) is 4.39 Å². The van der Waals surface area contributed by atoms with Gasteiger partial charge in [0.1, 0.15) is 5.82 Å². The first-order valence-electron chi connectivity index (χ1n) is 12.8. The molecule has 0 saturated heterocycles. The summed E-state index contributed by atoms with van der Waals surface area (Å²) >= 11 is 0. The van der Waals surface area contributed by atoms with E-state index in [-0.39, 0.29) is 22.7 Å². The number of carbonyl (C=O) groups excluding carboxylic acids is 1. The maximum absolute atomic E-state index is 15.0. The summed E-state index contributed by atoms with van der Waals surface area (Å²) in [5, 5.41) is 2.99. The highest BCUT2D eigenvalue weighted by Crippen LogP contribution is 2.31. The lowest BCUT2D eigenvalue weighted by Crippen LogP contribution is -2.30. The molecule has 0 unspecified atom stereocenters. The fourth-order valence-electron chi connectivity index (χ4n) is 4.86. The number of benzene rings is 1. The van der Waals surface area contributed by atoms with E-state index in [9.17, 15) is 9.59 Å². The first-order valence-corrected chi connectivity index (χ1v) is 12.8. The first kappa shape index (κ1) is 27.8. The van der Waals surface area contributed by atoms with Crippen LogP contribution < -0.4 is 16.6 Å². The van der Waals surface area contributed by atoms with Gasteiger partial charge in [0.15, 0.2) is 0 Å². The lowest BCUT2D eigenvalue weighted by Gasteiger charge is -2.27. The molecule has 1 amide bonds. The molecule has 0 spiro atoms. The standard InChI is InChI=1S/C30H35FN6O2/c1-19(14-24-20(2)34-10-6-27(24)37-13-9-23(33-3)17-28(37)38)18-36-11-7-21(8-12-36)29-25(31)15-22(16-26(29)32)30(39)35(4)5/h6-7,9-10,13-17,33H,8,11-12,18,32H2,1-5H3/b19-14+. The Morgan fingerprint density at radius 3 is 2.64 bits per heavy atom. The quantitative estimate of drug-likeness (QED) is 0.445. The largest absolute Gasteiger partial charge is 0.398 e. The highest BCUT2D eigenvalue weighted by atomic mass is 19.1. The van der Waals surface area contributed by atoms with Gasteiger partial charge in [-0.2, -0.15) is 0 Å². The molecule has 0 bridgehead atoms. The van der Waals surface area contributed by atoms with Gasteiger partial charge in [0.05, 0.1) is 5.69 Å². The SMILES string of the molecule is CNc1ccn(-c2ccnc(C)c2/C=C(\C)CN2CC=C(c3c(N)cc(C(=O)N(C)C)cc3F)CC2)c(=O)c1. The highest BCUT2D eigenvalue weighted by Gasteiger charge is 2.21. The Morgan fingerprint density at radius 2 is 2.03 bits per heavy atom. The van der Waals surface area contributed by atoms with E-state index in [1.807, 2.05) is 25.1 Å². The number of anilines is 2. The van der Waals surface area contributed by atoms with Gasteiger partial charge in [-0.05, 0) is 50.1 Å². The number of halogens is 1. The summed E-state index contributed by atoms with van der Waals surface area (Å²) in [6.07, 6.45) is 8.19. The number of aromatic nitrogens is 2. The Balaban J connectivity index is 1.53.